The Kier molecular flexibility index (Phi) is 4.82. The van der Waals surface area contributed by atoms with E-state index in [0.29, 0.717) is 17.6 Å². The quantitative estimate of drug-likeness (QED) is 0.683. The molecule has 2 bridgehead atoms. The van der Waals surface area contributed by atoms with Gasteiger partial charge in [-0.1, -0.05) is 6.42 Å². The number of nitrogens with zero attached hydrogens (tertiary/aromatic N) is 6. The van der Waals surface area contributed by atoms with Crippen LogP contribution in [0, 0.1) is 11.8 Å². The molecule has 1 N–H and O–H groups in total. The van der Waals surface area contributed by atoms with Gasteiger partial charge in [-0.05, 0) is 62.4 Å². The van der Waals surface area contributed by atoms with Crippen LogP contribution >= 0.6 is 0 Å². The first-order valence-electron chi connectivity index (χ1n) is 11.7. The molecule has 3 aromatic rings. The highest BCUT2D eigenvalue weighted by molar-refractivity contribution is 5.94. The Labute approximate surface area is 187 Å². The van der Waals surface area contributed by atoms with Crippen molar-refractivity contribution >= 4 is 28.6 Å². The molecule has 8 nitrogen and oxygen atoms in total. The molecule has 1 saturated heterocycles. The average molecular weight is 432 g/mol. The minimum absolute atomic E-state index is 0.0945. The van der Waals surface area contributed by atoms with Gasteiger partial charge in [0, 0.05) is 43.6 Å². The zero-order chi connectivity index (χ0) is 21.7. The number of aromatic nitrogens is 4. The third-order valence-corrected chi connectivity index (χ3v) is 7.53. The fourth-order valence-electron chi connectivity index (χ4n) is 5.67. The Morgan fingerprint density at radius 2 is 1.84 bits per heavy atom. The number of piperazine rings is 1. The summed E-state index contributed by atoms with van der Waals surface area (Å²) in [5.74, 6) is 2.24. The van der Waals surface area contributed by atoms with Crippen molar-refractivity contribution in [3.63, 3.8) is 0 Å². The molecule has 32 heavy (non-hydrogen) atoms. The van der Waals surface area contributed by atoms with Gasteiger partial charge in [0.25, 0.3) is 5.91 Å². The van der Waals surface area contributed by atoms with Gasteiger partial charge in [-0.3, -0.25) is 4.79 Å². The van der Waals surface area contributed by atoms with Crippen LogP contribution in [0.3, 0.4) is 0 Å². The second kappa shape index (κ2) is 7.85. The Morgan fingerprint density at radius 3 is 2.56 bits per heavy atom. The van der Waals surface area contributed by atoms with E-state index in [4.69, 9.17) is 4.98 Å². The van der Waals surface area contributed by atoms with Gasteiger partial charge in [-0.2, -0.15) is 10.1 Å². The summed E-state index contributed by atoms with van der Waals surface area (Å²) in [7, 11) is 2.09. The van der Waals surface area contributed by atoms with E-state index in [0.717, 1.165) is 54.7 Å². The predicted octanol–water partition coefficient (Wildman–Crippen LogP) is 3.32. The van der Waals surface area contributed by atoms with Gasteiger partial charge in [0.2, 0.25) is 5.95 Å². The molecular weight excluding hydrogens is 402 g/mol. The van der Waals surface area contributed by atoms with Crippen molar-refractivity contribution in [2.45, 2.75) is 31.7 Å². The first-order valence-corrected chi connectivity index (χ1v) is 11.7. The van der Waals surface area contributed by atoms with Crippen molar-refractivity contribution in [2.24, 2.45) is 11.8 Å². The zero-order valence-electron chi connectivity index (χ0n) is 18.4. The largest absolute Gasteiger partial charge is 0.336 e. The third kappa shape index (κ3) is 3.52. The molecule has 3 fully saturated rings. The maximum absolute atomic E-state index is 12.8. The van der Waals surface area contributed by atoms with E-state index in [1.807, 2.05) is 41.6 Å². The zero-order valence-corrected chi connectivity index (χ0v) is 18.4. The first kappa shape index (κ1) is 19.7. The summed E-state index contributed by atoms with van der Waals surface area (Å²) in [4.78, 5) is 26.2. The molecule has 0 radical (unpaired) electrons. The fraction of sp³-hybridized carbons (Fsp3) is 0.500. The van der Waals surface area contributed by atoms with Crippen LogP contribution in [0.15, 0.2) is 36.7 Å². The summed E-state index contributed by atoms with van der Waals surface area (Å²) in [6.45, 7) is 3.40. The molecule has 6 rings (SSSR count). The van der Waals surface area contributed by atoms with Gasteiger partial charge >= 0.3 is 0 Å². The number of carbonyl (C=O) groups is 1. The molecule has 2 aromatic heterocycles. The van der Waals surface area contributed by atoms with Gasteiger partial charge in [0.1, 0.15) is 0 Å². The van der Waals surface area contributed by atoms with Gasteiger partial charge in [-0.25, -0.2) is 9.67 Å². The molecule has 0 spiro atoms. The van der Waals surface area contributed by atoms with Crippen LogP contribution in [0.1, 0.15) is 42.1 Å². The van der Waals surface area contributed by atoms with Gasteiger partial charge < -0.3 is 15.1 Å². The van der Waals surface area contributed by atoms with Crippen LogP contribution < -0.4 is 5.32 Å². The predicted molar refractivity (Wildman–Crippen MR) is 123 cm³/mol. The maximum Gasteiger partial charge on any atom is 0.253 e. The number of hydrogen-bond donors (Lipinski definition) is 1. The Balaban J connectivity index is 1.18. The van der Waals surface area contributed by atoms with Crippen molar-refractivity contribution in [1.29, 1.82) is 0 Å². The minimum Gasteiger partial charge on any atom is -0.336 e. The van der Waals surface area contributed by atoms with Crippen LogP contribution in [-0.4, -0.2) is 68.7 Å². The van der Waals surface area contributed by atoms with Crippen molar-refractivity contribution < 1.29 is 4.79 Å². The summed E-state index contributed by atoms with van der Waals surface area (Å²) >= 11 is 0. The molecule has 2 aliphatic carbocycles. The van der Waals surface area contributed by atoms with E-state index in [-0.39, 0.29) is 5.91 Å². The summed E-state index contributed by atoms with van der Waals surface area (Å²) < 4.78 is 2.13. The van der Waals surface area contributed by atoms with Gasteiger partial charge in [0.15, 0.2) is 5.65 Å². The van der Waals surface area contributed by atoms with Crippen molar-refractivity contribution in [1.82, 2.24) is 29.5 Å². The van der Waals surface area contributed by atoms with Gasteiger partial charge in [-0.15, -0.1) is 0 Å². The normalized spacial score (nSPS) is 25.5. The third-order valence-electron chi connectivity index (χ3n) is 7.53. The Bertz CT molecular complexity index is 1130. The SMILES string of the molecule is CN1CCN(C(=O)c2ccc(Nc3ncc4cnn([C@H]5C[C@@H]6CC[C@H]5C6)c4n3)cc2)CC1. The summed E-state index contributed by atoms with van der Waals surface area (Å²) in [6.07, 6.45) is 8.95. The lowest BCUT2D eigenvalue weighted by atomic mass is 9.95. The fourth-order valence-corrected chi connectivity index (χ4v) is 5.67. The van der Waals surface area contributed by atoms with E-state index < -0.39 is 0 Å². The van der Waals surface area contributed by atoms with Crippen LogP contribution in [0.2, 0.25) is 0 Å². The highest BCUT2D eigenvalue weighted by Crippen LogP contribution is 2.50. The number of benzene rings is 1. The number of rotatable bonds is 4. The maximum atomic E-state index is 12.8. The van der Waals surface area contributed by atoms with Crippen molar-refractivity contribution in [3.05, 3.63) is 42.2 Å². The van der Waals surface area contributed by atoms with E-state index in [9.17, 15) is 4.79 Å². The van der Waals surface area contributed by atoms with Crippen LogP contribution in [0.25, 0.3) is 11.0 Å². The number of anilines is 2. The number of carbonyl (C=O) groups excluding carboxylic acids is 1. The van der Waals surface area contributed by atoms with E-state index in [1.54, 1.807) is 0 Å². The number of fused-ring (bicyclic) bond motifs is 3. The molecule has 2 saturated carbocycles. The first-order chi connectivity index (χ1) is 15.6. The lowest BCUT2D eigenvalue weighted by Gasteiger charge is -2.32. The Hall–Kier alpha value is -3.00. The number of amides is 1. The Morgan fingerprint density at radius 1 is 1.03 bits per heavy atom. The molecule has 8 heteroatoms. The monoisotopic (exact) mass is 431 g/mol. The second-order valence-electron chi connectivity index (χ2n) is 9.60. The molecule has 3 atom stereocenters. The average Bonchev–Trinajstić information content (AvgIpc) is 3.55. The van der Waals surface area contributed by atoms with Crippen LogP contribution in [-0.2, 0) is 0 Å². The lowest BCUT2D eigenvalue weighted by Crippen LogP contribution is -2.47. The summed E-state index contributed by atoms with van der Waals surface area (Å²) in [5.41, 5.74) is 2.48. The molecule has 1 amide bonds. The minimum atomic E-state index is 0.0945. The molecule has 166 valence electrons. The van der Waals surface area contributed by atoms with E-state index >= 15 is 0 Å². The van der Waals surface area contributed by atoms with Crippen LogP contribution in [0.5, 0.6) is 0 Å². The summed E-state index contributed by atoms with van der Waals surface area (Å²) in [5, 5.41) is 8.94. The number of hydrogen-bond acceptors (Lipinski definition) is 6. The highest BCUT2D eigenvalue weighted by Gasteiger charge is 2.41. The molecular formula is C24H29N7O. The molecule has 3 aliphatic rings. The van der Waals surface area contributed by atoms with Crippen LogP contribution in [0.4, 0.5) is 11.6 Å². The van der Waals surface area contributed by atoms with E-state index in [2.05, 4.69) is 32.0 Å². The standard InChI is InChI=1S/C24H29N7O/c1-29-8-10-30(11-9-29)23(32)17-4-6-20(7-5-17)27-24-25-14-19-15-26-31(22(19)28-24)21-13-16-2-3-18(21)12-16/h4-7,14-16,18,21H,2-3,8-13H2,1H3,(H,25,27,28)/t16-,18+,21+/m1/s1. The van der Waals surface area contributed by atoms with Crippen molar-refractivity contribution in [2.75, 3.05) is 38.5 Å². The molecule has 0 unspecified atom stereocenters. The molecule has 1 aromatic carbocycles. The second-order valence-corrected chi connectivity index (χ2v) is 9.60. The topological polar surface area (TPSA) is 79.2 Å². The van der Waals surface area contributed by atoms with E-state index in [1.165, 1.54) is 25.7 Å². The smallest absolute Gasteiger partial charge is 0.253 e. The van der Waals surface area contributed by atoms with Crippen molar-refractivity contribution in [3.8, 4) is 0 Å². The number of likely N-dealkylation sites (N-methyl/N-ethyl adjacent to an activating group) is 1. The number of nitrogens with one attached hydrogen (secondary N) is 1. The molecule has 3 heterocycles. The molecule has 1 aliphatic heterocycles. The highest BCUT2D eigenvalue weighted by atomic mass is 16.2. The lowest BCUT2D eigenvalue weighted by molar-refractivity contribution is 0.0664. The summed E-state index contributed by atoms with van der Waals surface area (Å²) in [6, 6.07) is 8.06. The van der Waals surface area contributed by atoms with Gasteiger partial charge in [0.05, 0.1) is 17.6 Å².